The first-order valence-corrected chi connectivity index (χ1v) is 8.02. The van der Waals surface area contributed by atoms with Crippen LogP contribution in [0.2, 0.25) is 5.02 Å². The third-order valence-electron chi connectivity index (χ3n) is 4.11. The van der Waals surface area contributed by atoms with Crippen molar-refractivity contribution in [3.8, 4) is 0 Å². The fourth-order valence-electron chi connectivity index (χ4n) is 2.85. The molecule has 6 nitrogen and oxygen atoms in total. The Hall–Kier alpha value is -1.63. The third kappa shape index (κ3) is 4.22. The third-order valence-corrected chi connectivity index (χ3v) is 4.36. The van der Waals surface area contributed by atoms with E-state index in [4.69, 9.17) is 21.5 Å². The van der Waals surface area contributed by atoms with Crippen molar-refractivity contribution >= 4 is 23.4 Å². The van der Waals surface area contributed by atoms with Gasteiger partial charge in [-0.05, 0) is 24.1 Å². The maximum absolute atomic E-state index is 13.0. The molecule has 2 rings (SSSR count). The minimum atomic E-state index is -0.664. The van der Waals surface area contributed by atoms with E-state index in [-0.39, 0.29) is 5.91 Å². The van der Waals surface area contributed by atoms with Crippen LogP contribution in [0.1, 0.15) is 24.8 Å². The number of benzene rings is 1. The summed E-state index contributed by atoms with van der Waals surface area (Å²) < 4.78 is 5.28. The molecule has 1 aliphatic rings. The molecular formula is C16H21ClN2O4. The van der Waals surface area contributed by atoms with Crippen LogP contribution in [0.5, 0.6) is 0 Å². The molecule has 1 aliphatic heterocycles. The largest absolute Gasteiger partial charge is 0.378 e. The molecule has 0 aliphatic carbocycles. The van der Waals surface area contributed by atoms with E-state index >= 15 is 0 Å². The van der Waals surface area contributed by atoms with Crippen LogP contribution in [0.15, 0.2) is 24.3 Å². The van der Waals surface area contributed by atoms with Crippen LogP contribution in [0.4, 0.5) is 0 Å². The van der Waals surface area contributed by atoms with Crippen molar-refractivity contribution < 1.29 is 19.5 Å². The van der Waals surface area contributed by atoms with Crippen LogP contribution in [0.3, 0.4) is 0 Å². The summed E-state index contributed by atoms with van der Waals surface area (Å²) in [6.07, 6.45) is 0.426. The fraction of sp³-hybridized carbons (Fsp3) is 0.500. The van der Waals surface area contributed by atoms with Crippen LogP contribution in [0, 0.1) is 5.92 Å². The number of nitrogens with zero attached hydrogens (tertiary/aromatic N) is 1. The second-order valence-corrected chi connectivity index (χ2v) is 5.89. The van der Waals surface area contributed by atoms with Gasteiger partial charge in [0, 0.05) is 18.1 Å². The van der Waals surface area contributed by atoms with E-state index in [1.54, 1.807) is 34.6 Å². The molecule has 2 N–H and O–H groups in total. The average Bonchev–Trinajstić information content (AvgIpc) is 2.60. The SMILES string of the molecule is CC[C@H](C(=O)NO)[C@H](C(=O)N1CCOCC1)c1ccc(Cl)cc1. The molecule has 1 aromatic carbocycles. The molecule has 0 bridgehead atoms. The molecule has 0 radical (unpaired) electrons. The number of morpholine rings is 1. The molecule has 0 unspecified atom stereocenters. The van der Waals surface area contributed by atoms with Crippen molar-refractivity contribution in [2.24, 2.45) is 5.92 Å². The molecule has 0 aromatic heterocycles. The van der Waals surface area contributed by atoms with E-state index in [9.17, 15) is 9.59 Å². The topological polar surface area (TPSA) is 78.9 Å². The number of rotatable bonds is 5. The summed E-state index contributed by atoms with van der Waals surface area (Å²) in [5.41, 5.74) is 2.38. The van der Waals surface area contributed by atoms with Crippen LogP contribution < -0.4 is 5.48 Å². The Morgan fingerprint density at radius 2 is 1.91 bits per heavy atom. The van der Waals surface area contributed by atoms with E-state index in [0.29, 0.717) is 43.3 Å². The van der Waals surface area contributed by atoms with Crippen molar-refractivity contribution in [2.75, 3.05) is 26.3 Å². The predicted molar refractivity (Wildman–Crippen MR) is 85.3 cm³/mol. The number of carbonyl (C=O) groups excluding carboxylic acids is 2. The van der Waals surface area contributed by atoms with Crippen molar-refractivity contribution in [3.63, 3.8) is 0 Å². The minimum Gasteiger partial charge on any atom is -0.378 e. The minimum absolute atomic E-state index is 0.133. The molecule has 23 heavy (non-hydrogen) atoms. The van der Waals surface area contributed by atoms with E-state index in [0.717, 1.165) is 0 Å². The lowest BCUT2D eigenvalue weighted by Crippen LogP contribution is -2.46. The maximum Gasteiger partial charge on any atom is 0.247 e. The van der Waals surface area contributed by atoms with Crippen LogP contribution in [-0.2, 0) is 14.3 Å². The molecule has 2 atom stereocenters. The number of halogens is 1. The second-order valence-electron chi connectivity index (χ2n) is 5.46. The van der Waals surface area contributed by atoms with E-state index in [2.05, 4.69) is 0 Å². The fourth-order valence-corrected chi connectivity index (χ4v) is 2.98. The summed E-state index contributed by atoms with van der Waals surface area (Å²) in [4.78, 5) is 26.7. The van der Waals surface area contributed by atoms with Crippen molar-refractivity contribution in [2.45, 2.75) is 19.3 Å². The van der Waals surface area contributed by atoms with Gasteiger partial charge in [-0.3, -0.25) is 14.8 Å². The first kappa shape index (κ1) is 17.7. The standard InChI is InChI=1S/C16H21ClN2O4/c1-2-13(15(20)18-22)14(11-3-5-12(17)6-4-11)16(21)19-7-9-23-10-8-19/h3-6,13-14,22H,2,7-10H2,1H3,(H,18,20)/t13-,14+/m0/s1. The van der Waals surface area contributed by atoms with Crippen molar-refractivity contribution in [3.05, 3.63) is 34.9 Å². The first-order chi connectivity index (χ1) is 11.1. The number of nitrogens with one attached hydrogen (secondary N) is 1. The summed E-state index contributed by atoms with van der Waals surface area (Å²) >= 11 is 5.92. The Kier molecular flexibility index (Phi) is 6.38. The highest BCUT2D eigenvalue weighted by molar-refractivity contribution is 6.30. The zero-order valence-corrected chi connectivity index (χ0v) is 13.8. The zero-order valence-electron chi connectivity index (χ0n) is 13.0. The quantitative estimate of drug-likeness (QED) is 0.633. The molecule has 2 amide bonds. The molecular weight excluding hydrogens is 320 g/mol. The lowest BCUT2D eigenvalue weighted by molar-refractivity contribution is -0.144. The number of amides is 2. The Morgan fingerprint density at radius 1 is 1.30 bits per heavy atom. The molecule has 1 fully saturated rings. The number of carbonyl (C=O) groups is 2. The lowest BCUT2D eigenvalue weighted by Gasteiger charge is -2.33. The highest BCUT2D eigenvalue weighted by Crippen LogP contribution is 2.31. The maximum atomic E-state index is 13.0. The lowest BCUT2D eigenvalue weighted by atomic mass is 9.82. The van der Waals surface area contributed by atoms with Gasteiger partial charge in [0.25, 0.3) is 0 Å². The number of hydrogen-bond acceptors (Lipinski definition) is 4. The average molecular weight is 341 g/mol. The van der Waals surface area contributed by atoms with Gasteiger partial charge in [0.1, 0.15) is 0 Å². The molecule has 0 saturated carbocycles. The summed E-state index contributed by atoms with van der Waals surface area (Å²) in [7, 11) is 0. The van der Waals surface area contributed by atoms with Gasteiger partial charge in [-0.2, -0.15) is 0 Å². The van der Waals surface area contributed by atoms with Crippen LogP contribution in [0.25, 0.3) is 0 Å². The monoisotopic (exact) mass is 340 g/mol. The van der Waals surface area contributed by atoms with E-state index < -0.39 is 17.7 Å². The summed E-state index contributed by atoms with van der Waals surface area (Å²) in [6, 6.07) is 6.89. The van der Waals surface area contributed by atoms with E-state index in [1.807, 2.05) is 6.92 Å². The van der Waals surface area contributed by atoms with Crippen LogP contribution in [-0.4, -0.2) is 48.2 Å². The van der Waals surface area contributed by atoms with Crippen molar-refractivity contribution in [1.82, 2.24) is 10.4 Å². The van der Waals surface area contributed by atoms with Gasteiger partial charge in [0.05, 0.1) is 25.0 Å². The van der Waals surface area contributed by atoms with Gasteiger partial charge < -0.3 is 9.64 Å². The molecule has 0 spiro atoms. The smallest absolute Gasteiger partial charge is 0.247 e. The number of hydrogen-bond donors (Lipinski definition) is 2. The Bertz CT molecular complexity index is 544. The van der Waals surface area contributed by atoms with Gasteiger partial charge in [-0.15, -0.1) is 0 Å². The summed E-state index contributed by atoms with van der Waals surface area (Å²) in [5.74, 6) is -2.01. The Labute approximate surface area is 140 Å². The first-order valence-electron chi connectivity index (χ1n) is 7.64. The zero-order chi connectivity index (χ0) is 16.8. The summed E-state index contributed by atoms with van der Waals surface area (Å²) in [6.45, 7) is 3.79. The van der Waals surface area contributed by atoms with Gasteiger partial charge in [0.15, 0.2) is 0 Å². The Balaban J connectivity index is 2.34. The van der Waals surface area contributed by atoms with Crippen LogP contribution >= 0.6 is 11.6 Å². The van der Waals surface area contributed by atoms with Gasteiger partial charge in [-0.25, -0.2) is 5.48 Å². The van der Waals surface area contributed by atoms with E-state index in [1.165, 1.54) is 0 Å². The summed E-state index contributed by atoms with van der Waals surface area (Å²) in [5, 5.41) is 9.56. The highest BCUT2D eigenvalue weighted by Gasteiger charge is 2.36. The number of hydroxylamine groups is 1. The Morgan fingerprint density at radius 3 is 2.43 bits per heavy atom. The molecule has 1 aromatic rings. The normalized spacial score (nSPS) is 17.4. The number of ether oxygens (including phenoxy) is 1. The second kappa shape index (κ2) is 8.29. The van der Waals surface area contributed by atoms with Gasteiger partial charge in [-0.1, -0.05) is 30.7 Å². The molecule has 1 saturated heterocycles. The molecule has 126 valence electrons. The van der Waals surface area contributed by atoms with Gasteiger partial charge >= 0.3 is 0 Å². The molecule has 7 heteroatoms. The predicted octanol–water partition coefficient (Wildman–Crippen LogP) is 1.81. The van der Waals surface area contributed by atoms with Crippen molar-refractivity contribution in [1.29, 1.82) is 0 Å². The molecule has 1 heterocycles. The highest BCUT2D eigenvalue weighted by atomic mass is 35.5. The van der Waals surface area contributed by atoms with Gasteiger partial charge in [0.2, 0.25) is 11.8 Å².